The number of hydrogen-bond acceptors (Lipinski definition) is 1. The second kappa shape index (κ2) is 6.89. The lowest BCUT2D eigenvalue weighted by Crippen LogP contribution is -2.27. The molecular formula is C19H21NO. The van der Waals surface area contributed by atoms with Crippen LogP contribution in [0.3, 0.4) is 0 Å². The topological polar surface area (TPSA) is 29.1 Å². The summed E-state index contributed by atoms with van der Waals surface area (Å²) in [5.74, 6) is -0.0653. The van der Waals surface area contributed by atoms with Gasteiger partial charge in [0.05, 0.1) is 6.04 Å². The first-order chi connectivity index (χ1) is 10.1. The molecule has 0 bridgehead atoms. The molecule has 1 unspecified atom stereocenters. The molecule has 0 aliphatic rings. The number of rotatable bonds is 4. The Labute approximate surface area is 126 Å². The average molecular weight is 279 g/mol. The molecule has 0 saturated heterocycles. The van der Waals surface area contributed by atoms with E-state index < -0.39 is 0 Å². The number of allylic oxidation sites excluding steroid dienone is 1. The van der Waals surface area contributed by atoms with Gasteiger partial charge >= 0.3 is 0 Å². The smallest absolute Gasteiger partial charge is 0.244 e. The summed E-state index contributed by atoms with van der Waals surface area (Å²) in [5, 5.41) is 3.09. The number of carbonyl (C=O) groups excluding carboxylic acids is 1. The lowest BCUT2D eigenvalue weighted by Gasteiger charge is -2.19. The fourth-order valence-corrected chi connectivity index (χ4v) is 2.21. The molecule has 0 aliphatic heterocycles. The second-order valence-electron chi connectivity index (χ2n) is 5.48. The van der Waals surface area contributed by atoms with Crippen LogP contribution in [-0.2, 0) is 4.79 Å². The van der Waals surface area contributed by atoms with Gasteiger partial charge in [0.2, 0.25) is 5.91 Å². The summed E-state index contributed by atoms with van der Waals surface area (Å²) in [7, 11) is 0. The molecule has 1 atom stereocenters. The molecule has 0 spiro atoms. The van der Waals surface area contributed by atoms with Crippen LogP contribution < -0.4 is 5.32 Å². The standard InChI is InChI=1S/C19H21NO/c1-14(2)13-18(21)20-19(16-7-5-4-6-8-16)17-11-9-15(3)10-12-17/h4-13,19H,1-3H3,(H,20,21). The Bertz CT molecular complexity index is 622. The van der Waals surface area contributed by atoms with Gasteiger partial charge in [-0.3, -0.25) is 4.79 Å². The Balaban J connectivity index is 2.33. The Hall–Kier alpha value is -2.35. The average Bonchev–Trinajstić information content (AvgIpc) is 2.46. The van der Waals surface area contributed by atoms with Crippen LogP contribution in [0.15, 0.2) is 66.2 Å². The summed E-state index contributed by atoms with van der Waals surface area (Å²) in [5.41, 5.74) is 4.36. The van der Waals surface area contributed by atoms with Crippen molar-refractivity contribution in [3.8, 4) is 0 Å². The molecule has 0 saturated carbocycles. The molecule has 2 heteroatoms. The van der Waals surface area contributed by atoms with E-state index in [0.717, 1.165) is 16.7 Å². The number of amides is 1. The Morgan fingerprint density at radius 1 is 0.952 bits per heavy atom. The highest BCUT2D eigenvalue weighted by molar-refractivity contribution is 5.88. The van der Waals surface area contributed by atoms with Crippen LogP contribution >= 0.6 is 0 Å². The quantitative estimate of drug-likeness (QED) is 0.836. The third kappa shape index (κ3) is 4.32. The van der Waals surface area contributed by atoms with Gasteiger partial charge in [0.15, 0.2) is 0 Å². The van der Waals surface area contributed by atoms with Crippen molar-refractivity contribution in [3.63, 3.8) is 0 Å². The van der Waals surface area contributed by atoms with Crippen LogP contribution in [0.4, 0.5) is 0 Å². The third-order valence-electron chi connectivity index (χ3n) is 3.25. The largest absolute Gasteiger partial charge is 0.342 e. The molecule has 2 nitrogen and oxygen atoms in total. The molecular weight excluding hydrogens is 258 g/mol. The fraction of sp³-hybridized carbons (Fsp3) is 0.211. The summed E-state index contributed by atoms with van der Waals surface area (Å²) in [6, 6.07) is 18.2. The third-order valence-corrected chi connectivity index (χ3v) is 3.25. The van der Waals surface area contributed by atoms with E-state index >= 15 is 0 Å². The van der Waals surface area contributed by atoms with E-state index in [1.54, 1.807) is 6.08 Å². The molecule has 0 aromatic heterocycles. The normalized spacial score (nSPS) is 11.6. The number of hydrogen-bond donors (Lipinski definition) is 1. The van der Waals surface area contributed by atoms with Gasteiger partial charge in [-0.15, -0.1) is 0 Å². The lowest BCUT2D eigenvalue weighted by atomic mass is 9.97. The van der Waals surface area contributed by atoms with Crippen LogP contribution in [-0.4, -0.2) is 5.91 Å². The molecule has 0 aliphatic carbocycles. The Kier molecular flexibility index (Phi) is 4.94. The van der Waals surface area contributed by atoms with Crippen molar-refractivity contribution in [2.75, 3.05) is 0 Å². The van der Waals surface area contributed by atoms with E-state index in [0.29, 0.717) is 0 Å². The maximum atomic E-state index is 12.1. The molecule has 21 heavy (non-hydrogen) atoms. The van der Waals surface area contributed by atoms with E-state index in [1.807, 2.05) is 44.2 Å². The zero-order valence-electron chi connectivity index (χ0n) is 12.8. The number of nitrogens with one attached hydrogen (secondary N) is 1. The first-order valence-electron chi connectivity index (χ1n) is 7.13. The second-order valence-corrected chi connectivity index (χ2v) is 5.48. The van der Waals surface area contributed by atoms with Gasteiger partial charge in [-0.2, -0.15) is 0 Å². The molecule has 0 fully saturated rings. The molecule has 2 aromatic carbocycles. The van der Waals surface area contributed by atoms with Crippen molar-refractivity contribution in [2.24, 2.45) is 0 Å². The highest BCUT2D eigenvalue weighted by atomic mass is 16.1. The van der Waals surface area contributed by atoms with Gasteiger partial charge in [-0.1, -0.05) is 65.7 Å². The fourth-order valence-electron chi connectivity index (χ4n) is 2.21. The summed E-state index contributed by atoms with van der Waals surface area (Å²) in [6.45, 7) is 5.90. The van der Waals surface area contributed by atoms with E-state index in [9.17, 15) is 4.79 Å². The molecule has 108 valence electrons. The maximum Gasteiger partial charge on any atom is 0.244 e. The Morgan fingerprint density at radius 3 is 2.10 bits per heavy atom. The minimum absolute atomic E-state index is 0.0653. The highest BCUT2D eigenvalue weighted by Gasteiger charge is 2.15. The minimum Gasteiger partial charge on any atom is -0.342 e. The van der Waals surface area contributed by atoms with E-state index in [-0.39, 0.29) is 11.9 Å². The van der Waals surface area contributed by atoms with Gasteiger partial charge in [0.25, 0.3) is 0 Å². The van der Waals surface area contributed by atoms with Gasteiger partial charge in [-0.05, 0) is 31.9 Å². The van der Waals surface area contributed by atoms with E-state index in [1.165, 1.54) is 5.56 Å². The SMILES string of the molecule is CC(C)=CC(=O)NC(c1ccccc1)c1ccc(C)cc1. The predicted octanol–water partition coefficient (Wildman–Crippen LogP) is 4.17. The van der Waals surface area contributed by atoms with Crippen LogP contribution in [0.25, 0.3) is 0 Å². The van der Waals surface area contributed by atoms with E-state index in [4.69, 9.17) is 0 Å². The molecule has 2 aromatic rings. The van der Waals surface area contributed by atoms with Crippen LogP contribution in [0.5, 0.6) is 0 Å². The zero-order chi connectivity index (χ0) is 15.2. The van der Waals surface area contributed by atoms with Gasteiger partial charge < -0.3 is 5.32 Å². The molecule has 1 amide bonds. The number of benzene rings is 2. The van der Waals surface area contributed by atoms with Crippen molar-refractivity contribution in [3.05, 3.63) is 82.9 Å². The summed E-state index contributed by atoms with van der Waals surface area (Å²) in [4.78, 5) is 12.1. The van der Waals surface area contributed by atoms with Gasteiger partial charge in [0, 0.05) is 6.08 Å². The predicted molar refractivity (Wildman–Crippen MR) is 87.0 cm³/mol. The van der Waals surface area contributed by atoms with Crippen LogP contribution in [0.1, 0.15) is 36.6 Å². The van der Waals surface area contributed by atoms with Crippen LogP contribution in [0.2, 0.25) is 0 Å². The summed E-state index contributed by atoms with van der Waals surface area (Å²) in [6.07, 6.45) is 1.63. The first kappa shape index (κ1) is 15.0. The summed E-state index contributed by atoms with van der Waals surface area (Å²) < 4.78 is 0. The minimum atomic E-state index is -0.130. The molecule has 0 heterocycles. The van der Waals surface area contributed by atoms with Crippen molar-refractivity contribution in [2.45, 2.75) is 26.8 Å². The lowest BCUT2D eigenvalue weighted by molar-refractivity contribution is -0.117. The van der Waals surface area contributed by atoms with Crippen molar-refractivity contribution < 1.29 is 4.79 Å². The van der Waals surface area contributed by atoms with Gasteiger partial charge in [0.1, 0.15) is 0 Å². The number of carbonyl (C=O) groups is 1. The monoisotopic (exact) mass is 279 g/mol. The van der Waals surface area contributed by atoms with Crippen molar-refractivity contribution >= 4 is 5.91 Å². The highest BCUT2D eigenvalue weighted by Crippen LogP contribution is 2.22. The number of aryl methyl sites for hydroxylation is 1. The van der Waals surface area contributed by atoms with E-state index in [2.05, 4.69) is 36.5 Å². The molecule has 1 N–H and O–H groups in total. The zero-order valence-corrected chi connectivity index (χ0v) is 12.8. The maximum absolute atomic E-state index is 12.1. The summed E-state index contributed by atoms with van der Waals surface area (Å²) >= 11 is 0. The molecule has 2 rings (SSSR count). The van der Waals surface area contributed by atoms with Crippen molar-refractivity contribution in [1.82, 2.24) is 5.32 Å². The first-order valence-corrected chi connectivity index (χ1v) is 7.13. The Morgan fingerprint density at radius 2 is 1.52 bits per heavy atom. The van der Waals surface area contributed by atoms with Gasteiger partial charge in [-0.25, -0.2) is 0 Å². The molecule has 0 radical (unpaired) electrons. The van der Waals surface area contributed by atoms with Crippen LogP contribution in [0, 0.1) is 6.92 Å². The van der Waals surface area contributed by atoms with Crippen molar-refractivity contribution in [1.29, 1.82) is 0 Å².